The van der Waals surface area contributed by atoms with Crippen molar-refractivity contribution in [1.29, 1.82) is 0 Å². The van der Waals surface area contributed by atoms with E-state index in [1.165, 1.54) is 6.07 Å². The number of nitrogen functional groups attached to an aromatic ring is 2. The fourth-order valence-electron chi connectivity index (χ4n) is 2.43. The van der Waals surface area contributed by atoms with Crippen molar-refractivity contribution in [3.05, 3.63) is 65.5 Å². The second-order valence-electron chi connectivity index (χ2n) is 5.61. The lowest BCUT2D eigenvalue weighted by Gasteiger charge is -2.16. The molecule has 4 N–H and O–H groups in total. The number of alkyl halides is 3. The van der Waals surface area contributed by atoms with Gasteiger partial charge < -0.3 is 16.2 Å². The van der Waals surface area contributed by atoms with Crippen molar-refractivity contribution in [3.63, 3.8) is 0 Å². The fourth-order valence-corrected chi connectivity index (χ4v) is 2.43. The molecule has 1 heterocycles. The van der Waals surface area contributed by atoms with Crippen molar-refractivity contribution < 1.29 is 22.3 Å². The van der Waals surface area contributed by atoms with Gasteiger partial charge in [-0.2, -0.15) is 18.2 Å². The van der Waals surface area contributed by atoms with Gasteiger partial charge in [0, 0.05) is 5.56 Å². The van der Waals surface area contributed by atoms with Gasteiger partial charge >= 0.3 is 6.18 Å². The summed E-state index contributed by atoms with van der Waals surface area (Å²) in [5.74, 6) is -2.32. The first kappa shape index (κ1) is 18.4. The van der Waals surface area contributed by atoms with Crippen molar-refractivity contribution in [1.82, 2.24) is 9.97 Å². The zero-order chi connectivity index (χ0) is 19.6. The topological polar surface area (TPSA) is 87.0 Å². The van der Waals surface area contributed by atoms with Crippen LogP contribution in [-0.2, 0) is 12.8 Å². The Morgan fingerprint density at radius 1 is 0.963 bits per heavy atom. The minimum atomic E-state index is -4.72. The molecule has 27 heavy (non-hydrogen) atoms. The monoisotopic (exact) mass is 378 g/mol. The Hall–Kier alpha value is -3.36. The molecule has 0 radical (unpaired) electrons. The van der Waals surface area contributed by atoms with Crippen molar-refractivity contribution in [2.75, 3.05) is 11.5 Å². The Bertz CT molecular complexity index is 962. The van der Waals surface area contributed by atoms with E-state index < -0.39 is 29.1 Å². The zero-order valence-corrected chi connectivity index (χ0v) is 13.8. The van der Waals surface area contributed by atoms with E-state index in [0.717, 1.165) is 12.1 Å². The van der Waals surface area contributed by atoms with Crippen LogP contribution in [0.5, 0.6) is 5.75 Å². The maximum absolute atomic E-state index is 14.1. The predicted molar refractivity (Wildman–Crippen MR) is 92.0 cm³/mol. The molecule has 0 unspecified atom stereocenters. The van der Waals surface area contributed by atoms with Crippen molar-refractivity contribution in [2.24, 2.45) is 0 Å². The summed E-state index contributed by atoms with van der Waals surface area (Å²) in [6.07, 6.45) is -4.72. The van der Waals surface area contributed by atoms with E-state index in [9.17, 15) is 17.6 Å². The number of hydrogen-bond donors (Lipinski definition) is 2. The average molecular weight is 378 g/mol. The molecule has 5 nitrogen and oxygen atoms in total. The van der Waals surface area contributed by atoms with Gasteiger partial charge in [-0.25, -0.2) is 9.37 Å². The van der Waals surface area contributed by atoms with Crippen LogP contribution >= 0.6 is 0 Å². The molecular formula is C18H14F4N4O. The maximum Gasteiger partial charge on any atom is 0.419 e. The van der Waals surface area contributed by atoms with Crippen LogP contribution < -0.4 is 16.2 Å². The number of ether oxygens (including phenoxy) is 1. The predicted octanol–water partition coefficient (Wildman–Crippen LogP) is 4.04. The molecule has 0 atom stereocenters. The second-order valence-corrected chi connectivity index (χ2v) is 5.61. The van der Waals surface area contributed by atoms with Crippen LogP contribution in [0.3, 0.4) is 0 Å². The van der Waals surface area contributed by atoms with Gasteiger partial charge in [-0.1, -0.05) is 30.3 Å². The van der Waals surface area contributed by atoms with Crippen LogP contribution in [0, 0.1) is 5.82 Å². The van der Waals surface area contributed by atoms with E-state index in [2.05, 4.69) is 9.97 Å². The summed E-state index contributed by atoms with van der Waals surface area (Å²) in [6, 6.07) is 11.8. The smallest absolute Gasteiger partial charge is 0.419 e. The summed E-state index contributed by atoms with van der Waals surface area (Å²) in [5.41, 5.74) is 9.87. The largest absolute Gasteiger partial charge is 0.488 e. The Kier molecular flexibility index (Phi) is 4.85. The average Bonchev–Trinajstić information content (AvgIpc) is 2.63. The number of halogens is 4. The van der Waals surface area contributed by atoms with Gasteiger partial charge in [0.05, 0.1) is 5.56 Å². The Balaban J connectivity index is 2.00. The van der Waals surface area contributed by atoms with Gasteiger partial charge in [-0.3, -0.25) is 0 Å². The summed E-state index contributed by atoms with van der Waals surface area (Å²) in [7, 11) is 0. The van der Waals surface area contributed by atoms with Gasteiger partial charge in [-0.15, -0.1) is 0 Å². The molecule has 140 valence electrons. The molecule has 0 saturated heterocycles. The van der Waals surface area contributed by atoms with E-state index in [1.807, 2.05) is 0 Å². The number of anilines is 2. The molecule has 0 amide bonds. The number of benzene rings is 2. The first-order valence-electron chi connectivity index (χ1n) is 7.72. The minimum Gasteiger partial charge on any atom is -0.488 e. The number of hydrogen-bond acceptors (Lipinski definition) is 5. The third-order valence-corrected chi connectivity index (χ3v) is 3.69. The number of nitrogens with two attached hydrogens (primary N) is 2. The van der Waals surface area contributed by atoms with E-state index in [-0.39, 0.29) is 23.9 Å². The highest BCUT2D eigenvalue weighted by Crippen LogP contribution is 2.39. The third kappa shape index (κ3) is 4.08. The lowest BCUT2D eigenvalue weighted by atomic mass is 10.1. The Morgan fingerprint density at radius 3 is 2.33 bits per heavy atom. The van der Waals surface area contributed by atoms with Crippen molar-refractivity contribution in [3.8, 4) is 17.0 Å². The number of aromatic nitrogens is 2. The lowest BCUT2D eigenvalue weighted by Crippen LogP contribution is -2.10. The first-order chi connectivity index (χ1) is 12.8. The third-order valence-electron chi connectivity index (χ3n) is 3.69. The van der Waals surface area contributed by atoms with Gasteiger partial charge in [0.15, 0.2) is 11.6 Å². The zero-order valence-electron chi connectivity index (χ0n) is 13.8. The highest BCUT2D eigenvalue weighted by atomic mass is 19.4. The molecule has 1 aromatic heterocycles. The van der Waals surface area contributed by atoms with Crippen LogP contribution in [0.2, 0.25) is 0 Å². The second kappa shape index (κ2) is 7.10. The SMILES string of the molecule is Nc1nc(N)c(F)c(-c2ccc(OCc3ccccc3)c(C(F)(F)F)c2)n1. The van der Waals surface area contributed by atoms with Crippen LogP contribution in [-0.4, -0.2) is 9.97 Å². The van der Waals surface area contributed by atoms with Crippen molar-refractivity contribution in [2.45, 2.75) is 12.8 Å². The Morgan fingerprint density at radius 2 is 1.67 bits per heavy atom. The van der Waals surface area contributed by atoms with Crippen LogP contribution in [0.15, 0.2) is 48.5 Å². The highest BCUT2D eigenvalue weighted by molar-refractivity contribution is 5.66. The lowest BCUT2D eigenvalue weighted by molar-refractivity contribution is -0.139. The maximum atomic E-state index is 14.1. The molecule has 0 aliphatic carbocycles. The van der Waals surface area contributed by atoms with Gasteiger partial charge in [0.25, 0.3) is 0 Å². The minimum absolute atomic E-state index is 0.0506. The molecular weight excluding hydrogens is 364 g/mol. The molecule has 3 aromatic rings. The Labute approximate surface area is 151 Å². The molecule has 2 aromatic carbocycles. The highest BCUT2D eigenvalue weighted by Gasteiger charge is 2.35. The van der Waals surface area contributed by atoms with Crippen LogP contribution in [0.1, 0.15) is 11.1 Å². The molecule has 0 aliphatic heterocycles. The van der Waals surface area contributed by atoms with Gasteiger partial charge in [0.2, 0.25) is 5.95 Å². The van der Waals surface area contributed by atoms with Crippen LogP contribution in [0.25, 0.3) is 11.3 Å². The van der Waals surface area contributed by atoms with E-state index >= 15 is 0 Å². The molecule has 9 heteroatoms. The normalized spacial score (nSPS) is 11.4. The fraction of sp³-hybridized carbons (Fsp3) is 0.111. The summed E-state index contributed by atoms with van der Waals surface area (Å²) in [4.78, 5) is 7.09. The van der Waals surface area contributed by atoms with Crippen molar-refractivity contribution >= 4 is 11.8 Å². The first-order valence-corrected chi connectivity index (χ1v) is 7.72. The summed E-state index contributed by atoms with van der Waals surface area (Å²) in [5, 5.41) is 0. The molecule has 0 bridgehead atoms. The van der Waals surface area contributed by atoms with Crippen LogP contribution in [0.4, 0.5) is 29.3 Å². The van der Waals surface area contributed by atoms with E-state index in [4.69, 9.17) is 16.2 Å². The number of nitrogens with zero attached hydrogens (tertiary/aromatic N) is 2. The van der Waals surface area contributed by atoms with Gasteiger partial charge in [-0.05, 0) is 23.8 Å². The molecule has 0 fully saturated rings. The van der Waals surface area contributed by atoms with Gasteiger partial charge in [0.1, 0.15) is 18.1 Å². The molecule has 0 aliphatic rings. The van der Waals surface area contributed by atoms with E-state index in [1.54, 1.807) is 30.3 Å². The summed E-state index contributed by atoms with van der Waals surface area (Å²) in [6.45, 7) is -0.0506. The number of rotatable bonds is 4. The quantitative estimate of drug-likeness (QED) is 0.669. The summed E-state index contributed by atoms with van der Waals surface area (Å²) >= 11 is 0. The molecule has 3 rings (SSSR count). The molecule has 0 saturated carbocycles. The standard InChI is InChI=1S/C18H14F4N4O/c19-14-15(25-17(24)26-16(14)23)11-6-7-13(12(8-11)18(20,21)22)27-9-10-4-2-1-3-5-10/h1-8H,9H2,(H4,23,24,25,26). The molecule has 0 spiro atoms. The van der Waals surface area contributed by atoms with E-state index in [0.29, 0.717) is 5.56 Å². The summed E-state index contributed by atoms with van der Waals surface area (Å²) < 4.78 is 59.9.